The van der Waals surface area contributed by atoms with E-state index in [1.807, 2.05) is 0 Å². The van der Waals surface area contributed by atoms with E-state index in [-0.39, 0.29) is 11.4 Å². The van der Waals surface area contributed by atoms with E-state index < -0.39 is 17.6 Å². The summed E-state index contributed by atoms with van der Waals surface area (Å²) in [5.74, 6) is -0.186. The summed E-state index contributed by atoms with van der Waals surface area (Å²) in [6.07, 6.45) is -1.81. The summed E-state index contributed by atoms with van der Waals surface area (Å²) < 4.78 is 43.2. The number of benzene rings is 2. The minimum atomic E-state index is -4.43. The summed E-state index contributed by atoms with van der Waals surface area (Å²) in [5, 5.41) is 3.08. The number of nitrogens with one attached hydrogen (secondary N) is 1. The molecule has 144 valence electrons. The fraction of sp³-hybridized carbons (Fsp3) is 0.105. The van der Waals surface area contributed by atoms with Crippen LogP contribution < -0.4 is 10.1 Å². The lowest BCUT2D eigenvalue weighted by atomic mass is 10.1. The number of carbonyl (C=O) groups is 1. The number of aromatic nitrogens is 2. The van der Waals surface area contributed by atoms with Gasteiger partial charge in [-0.3, -0.25) is 9.78 Å². The zero-order valence-corrected chi connectivity index (χ0v) is 15.2. The van der Waals surface area contributed by atoms with Gasteiger partial charge in [-0.15, -0.1) is 0 Å². The lowest BCUT2D eigenvalue weighted by Gasteiger charge is -2.11. The maximum atomic E-state index is 12.7. The van der Waals surface area contributed by atoms with Crippen molar-refractivity contribution in [3.05, 3.63) is 71.1 Å². The second-order valence-corrected chi connectivity index (χ2v) is 6.10. The molecule has 9 heteroatoms. The number of amides is 1. The Morgan fingerprint density at radius 2 is 1.82 bits per heavy atom. The number of halogens is 4. The minimum Gasteiger partial charge on any atom is -0.495 e. The van der Waals surface area contributed by atoms with Crippen LogP contribution in [0.3, 0.4) is 0 Å². The van der Waals surface area contributed by atoms with Crippen LogP contribution in [-0.4, -0.2) is 23.0 Å². The number of ether oxygens (including phenoxy) is 1. The van der Waals surface area contributed by atoms with Crippen LogP contribution in [0.2, 0.25) is 5.02 Å². The van der Waals surface area contributed by atoms with Gasteiger partial charge >= 0.3 is 6.18 Å². The molecular weight excluding hydrogens is 395 g/mol. The van der Waals surface area contributed by atoms with Gasteiger partial charge in [0.2, 0.25) is 0 Å². The highest BCUT2D eigenvalue weighted by atomic mass is 35.5. The Morgan fingerprint density at radius 1 is 1.11 bits per heavy atom. The Balaban J connectivity index is 1.84. The highest BCUT2D eigenvalue weighted by molar-refractivity contribution is 6.30. The Bertz CT molecular complexity index is 1010. The van der Waals surface area contributed by atoms with E-state index >= 15 is 0 Å². The molecule has 0 aliphatic rings. The number of nitrogens with zero attached hydrogens (tertiary/aromatic N) is 2. The number of hydrogen-bond donors (Lipinski definition) is 1. The second kappa shape index (κ2) is 7.85. The van der Waals surface area contributed by atoms with Crippen LogP contribution in [0.4, 0.5) is 18.9 Å². The number of rotatable bonds is 4. The van der Waals surface area contributed by atoms with E-state index in [2.05, 4.69) is 15.3 Å². The molecule has 0 unspecified atom stereocenters. The smallest absolute Gasteiger partial charge is 0.416 e. The fourth-order valence-electron chi connectivity index (χ4n) is 2.40. The number of alkyl halides is 3. The van der Waals surface area contributed by atoms with Gasteiger partial charge in [0, 0.05) is 16.7 Å². The molecule has 3 rings (SSSR count). The van der Waals surface area contributed by atoms with Crippen LogP contribution in [0.25, 0.3) is 11.3 Å². The summed E-state index contributed by atoms with van der Waals surface area (Å²) in [5.41, 5.74) is 0.282. The standard InChI is InChI=1S/C19H13ClF3N3O2/c1-28-17-8-13(20)6-7-14(17)26-18(27)16-10-24-9-15(25-16)11-2-4-12(5-3-11)19(21,22)23/h2-10H,1H3,(H,26,27). The molecule has 0 radical (unpaired) electrons. The van der Waals surface area contributed by atoms with Crippen molar-refractivity contribution in [1.29, 1.82) is 0 Å². The van der Waals surface area contributed by atoms with Gasteiger partial charge in [-0.1, -0.05) is 23.7 Å². The Kier molecular flexibility index (Phi) is 5.51. The van der Waals surface area contributed by atoms with Gasteiger partial charge in [0.25, 0.3) is 5.91 Å². The number of hydrogen-bond acceptors (Lipinski definition) is 4. The SMILES string of the molecule is COc1cc(Cl)ccc1NC(=O)c1cncc(-c2ccc(C(F)(F)F)cc2)n1. The van der Waals surface area contributed by atoms with Gasteiger partial charge in [-0.2, -0.15) is 13.2 Å². The normalized spacial score (nSPS) is 11.2. The molecule has 2 aromatic carbocycles. The predicted octanol–water partition coefficient (Wildman–Crippen LogP) is 5.08. The van der Waals surface area contributed by atoms with Gasteiger partial charge in [0.15, 0.2) is 0 Å². The van der Waals surface area contributed by atoms with E-state index in [9.17, 15) is 18.0 Å². The van der Waals surface area contributed by atoms with E-state index in [1.54, 1.807) is 18.2 Å². The summed E-state index contributed by atoms with van der Waals surface area (Å²) in [6.45, 7) is 0. The molecule has 0 saturated carbocycles. The Morgan fingerprint density at radius 3 is 2.46 bits per heavy atom. The summed E-state index contributed by atoms with van der Waals surface area (Å²) in [7, 11) is 1.44. The van der Waals surface area contributed by atoms with E-state index in [0.717, 1.165) is 12.1 Å². The van der Waals surface area contributed by atoms with E-state index in [1.165, 1.54) is 31.6 Å². The van der Waals surface area contributed by atoms with E-state index in [4.69, 9.17) is 16.3 Å². The molecule has 0 spiro atoms. The van der Waals surface area contributed by atoms with Crippen molar-refractivity contribution in [3.8, 4) is 17.0 Å². The first kappa shape index (κ1) is 19.6. The first-order chi connectivity index (χ1) is 13.3. The predicted molar refractivity (Wildman–Crippen MR) is 98.4 cm³/mol. The third-order valence-corrected chi connectivity index (χ3v) is 4.02. The van der Waals surface area contributed by atoms with Crippen LogP contribution in [0.15, 0.2) is 54.9 Å². The first-order valence-corrected chi connectivity index (χ1v) is 8.30. The number of carbonyl (C=O) groups excluding carboxylic acids is 1. The molecule has 1 aromatic heterocycles. The molecular formula is C19H13ClF3N3O2. The summed E-state index contributed by atoms with van der Waals surface area (Å²) in [6, 6.07) is 9.15. The van der Waals surface area contributed by atoms with E-state index in [0.29, 0.717) is 22.0 Å². The van der Waals surface area contributed by atoms with Crippen molar-refractivity contribution in [1.82, 2.24) is 9.97 Å². The molecule has 28 heavy (non-hydrogen) atoms. The van der Waals surface area contributed by atoms with Crippen molar-refractivity contribution in [3.63, 3.8) is 0 Å². The van der Waals surface area contributed by atoms with Gasteiger partial charge < -0.3 is 10.1 Å². The van der Waals surface area contributed by atoms with Crippen molar-refractivity contribution in [2.24, 2.45) is 0 Å². The van der Waals surface area contributed by atoms with Gasteiger partial charge in [0.05, 0.1) is 36.4 Å². The van der Waals surface area contributed by atoms with Gasteiger partial charge in [0.1, 0.15) is 11.4 Å². The van der Waals surface area contributed by atoms with Crippen molar-refractivity contribution < 1.29 is 22.7 Å². The van der Waals surface area contributed by atoms with Crippen LogP contribution >= 0.6 is 11.6 Å². The number of methoxy groups -OCH3 is 1. The van der Waals surface area contributed by atoms with Gasteiger partial charge in [-0.05, 0) is 24.3 Å². The summed E-state index contributed by atoms with van der Waals surface area (Å²) in [4.78, 5) is 20.6. The zero-order chi connectivity index (χ0) is 20.3. The molecule has 1 heterocycles. The zero-order valence-electron chi connectivity index (χ0n) is 14.4. The molecule has 0 saturated heterocycles. The van der Waals surface area contributed by atoms with Crippen LogP contribution in [0.5, 0.6) is 5.75 Å². The molecule has 0 fully saturated rings. The monoisotopic (exact) mass is 407 g/mol. The second-order valence-electron chi connectivity index (χ2n) is 5.66. The molecule has 1 N–H and O–H groups in total. The molecule has 0 bridgehead atoms. The molecule has 0 atom stereocenters. The third kappa shape index (κ3) is 4.40. The maximum absolute atomic E-state index is 12.7. The Hall–Kier alpha value is -3.13. The maximum Gasteiger partial charge on any atom is 0.416 e. The average Bonchev–Trinajstić information content (AvgIpc) is 2.68. The number of anilines is 1. The van der Waals surface area contributed by atoms with Gasteiger partial charge in [-0.25, -0.2) is 4.98 Å². The molecule has 5 nitrogen and oxygen atoms in total. The molecule has 1 amide bonds. The van der Waals surface area contributed by atoms with Crippen molar-refractivity contribution >= 4 is 23.2 Å². The average molecular weight is 408 g/mol. The van der Waals surface area contributed by atoms with Crippen molar-refractivity contribution in [2.75, 3.05) is 12.4 Å². The van der Waals surface area contributed by atoms with Crippen LogP contribution in [0.1, 0.15) is 16.1 Å². The largest absolute Gasteiger partial charge is 0.495 e. The first-order valence-electron chi connectivity index (χ1n) is 7.92. The quantitative estimate of drug-likeness (QED) is 0.655. The topological polar surface area (TPSA) is 64.1 Å². The highest BCUT2D eigenvalue weighted by Gasteiger charge is 2.30. The highest BCUT2D eigenvalue weighted by Crippen LogP contribution is 2.31. The third-order valence-electron chi connectivity index (χ3n) is 3.79. The Labute approximate surface area is 163 Å². The molecule has 3 aromatic rings. The van der Waals surface area contributed by atoms with Crippen LogP contribution in [-0.2, 0) is 6.18 Å². The fourth-order valence-corrected chi connectivity index (χ4v) is 2.56. The lowest BCUT2D eigenvalue weighted by Crippen LogP contribution is -2.15. The summed E-state index contributed by atoms with van der Waals surface area (Å²) >= 11 is 5.89. The van der Waals surface area contributed by atoms with Crippen LogP contribution in [0, 0.1) is 0 Å². The van der Waals surface area contributed by atoms with Crippen molar-refractivity contribution in [2.45, 2.75) is 6.18 Å². The molecule has 0 aliphatic carbocycles. The molecule has 0 aliphatic heterocycles. The minimum absolute atomic E-state index is 0.00518. The lowest BCUT2D eigenvalue weighted by molar-refractivity contribution is -0.137.